The molecule has 6 heteroatoms. The lowest BCUT2D eigenvalue weighted by Crippen LogP contribution is -2.37. The molecule has 0 saturated heterocycles. The molecule has 0 radical (unpaired) electrons. The van der Waals surface area contributed by atoms with Crippen LogP contribution in [0, 0.1) is 6.92 Å². The molecule has 0 aromatic heterocycles. The molecular formula is C17H17ClN2O3. The summed E-state index contributed by atoms with van der Waals surface area (Å²) >= 11 is 5.77. The average Bonchev–Trinajstić information content (AvgIpc) is 2.55. The average molecular weight is 333 g/mol. The Labute approximate surface area is 139 Å². The van der Waals surface area contributed by atoms with Crippen molar-refractivity contribution in [1.29, 1.82) is 0 Å². The van der Waals surface area contributed by atoms with Crippen molar-refractivity contribution in [3.05, 3.63) is 59.1 Å². The Morgan fingerprint density at radius 1 is 1.00 bits per heavy atom. The fourth-order valence-corrected chi connectivity index (χ4v) is 1.90. The Hall–Kier alpha value is -2.53. The van der Waals surface area contributed by atoms with E-state index in [9.17, 15) is 9.59 Å². The molecule has 0 atom stereocenters. The summed E-state index contributed by atoms with van der Waals surface area (Å²) in [7, 11) is 0. The van der Waals surface area contributed by atoms with Crippen LogP contribution in [0.3, 0.4) is 0 Å². The smallest absolute Gasteiger partial charge is 0.313 e. The lowest BCUT2D eigenvalue weighted by Gasteiger charge is -2.08. The highest BCUT2D eigenvalue weighted by Gasteiger charge is 2.12. The Morgan fingerprint density at radius 2 is 1.65 bits per heavy atom. The van der Waals surface area contributed by atoms with Gasteiger partial charge in [0.2, 0.25) is 0 Å². The number of rotatable bonds is 5. The minimum Gasteiger partial charge on any atom is -0.492 e. The van der Waals surface area contributed by atoms with Gasteiger partial charge in [0.25, 0.3) is 0 Å². The van der Waals surface area contributed by atoms with E-state index in [4.69, 9.17) is 16.3 Å². The summed E-state index contributed by atoms with van der Waals surface area (Å²) in [5, 5.41) is 5.64. The van der Waals surface area contributed by atoms with E-state index >= 15 is 0 Å². The first-order valence-electron chi connectivity index (χ1n) is 7.09. The van der Waals surface area contributed by atoms with E-state index in [-0.39, 0.29) is 13.2 Å². The Balaban J connectivity index is 1.70. The number of benzene rings is 2. The third-order valence-corrected chi connectivity index (χ3v) is 3.24. The van der Waals surface area contributed by atoms with Crippen molar-refractivity contribution in [1.82, 2.24) is 5.32 Å². The summed E-state index contributed by atoms with van der Waals surface area (Å²) < 4.78 is 5.42. The van der Waals surface area contributed by atoms with Gasteiger partial charge >= 0.3 is 11.8 Å². The second kappa shape index (κ2) is 8.19. The fourth-order valence-electron chi connectivity index (χ4n) is 1.77. The van der Waals surface area contributed by atoms with Crippen molar-refractivity contribution < 1.29 is 14.3 Å². The van der Waals surface area contributed by atoms with Crippen LogP contribution in [-0.4, -0.2) is 25.0 Å². The molecule has 2 rings (SSSR count). The number of hydrogen-bond donors (Lipinski definition) is 2. The monoisotopic (exact) mass is 332 g/mol. The zero-order chi connectivity index (χ0) is 16.7. The van der Waals surface area contributed by atoms with Crippen molar-refractivity contribution >= 4 is 29.1 Å². The Kier molecular flexibility index (Phi) is 6.00. The van der Waals surface area contributed by atoms with Crippen LogP contribution < -0.4 is 15.4 Å². The predicted molar refractivity (Wildman–Crippen MR) is 89.8 cm³/mol. The highest BCUT2D eigenvalue weighted by atomic mass is 35.5. The van der Waals surface area contributed by atoms with Gasteiger partial charge in [-0.2, -0.15) is 0 Å². The molecule has 2 aromatic carbocycles. The second-order valence-electron chi connectivity index (χ2n) is 4.88. The molecule has 0 fully saturated rings. The summed E-state index contributed by atoms with van der Waals surface area (Å²) in [5.41, 5.74) is 1.65. The Morgan fingerprint density at radius 3 is 2.30 bits per heavy atom. The predicted octanol–water partition coefficient (Wildman–Crippen LogP) is 2.78. The number of nitrogens with one attached hydrogen (secondary N) is 2. The van der Waals surface area contributed by atoms with Crippen LogP contribution in [0.1, 0.15) is 5.56 Å². The fraction of sp³-hybridized carbons (Fsp3) is 0.176. The zero-order valence-electron chi connectivity index (χ0n) is 12.6. The molecule has 0 aliphatic carbocycles. The SMILES string of the molecule is Cc1ccc(NC(=O)C(=O)NCCOc2ccc(Cl)cc2)cc1. The van der Waals surface area contributed by atoms with Crippen LogP contribution in [0.5, 0.6) is 5.75 Å². The van der Waals surface area contributed by atoms with Crippen molar-refractivity contribution in [2.45, 2.75) is 6.92 Å². The van der Waals surface area contributed by atoms with Gasteiger partial charge in [-0.05, 0) is 43.3 Å². The summed E-state index contributed by atoms with van der Waals surface area (Å²) in [4.78, 5) is 23.4. The van der Waals surface area contributed by atoms with Crippen LogP contribution >= 0.6 is 11.6 Å². The summed E-state index contributed by atoms with van der Waals surface area (Å²) in [6, 6.07) is 14.1. The minimum absolute atomic E-state index is 0.225. The van der Waals surface area contributed by atoms with E-state index in [0.29, 0.717) is 16.5 Å². The maximum Gasteiger partial charge on any atom is 0.313 e. The van der Waals surface area contributed by atoms with E-state index < -0.39 is 11.8 Å². The molecule has 0 unspecified atom stereocenters. The van der Waals surface area contributed by atoms with Gasteiger partial charge in [-0.1, -0.05) is 29.3 Å². The van der Waals surface area contributed by atoms with Gasteiger partial charge in [-0.25, -0.2) is 0 Å². The molecule has 0 aliphatic rings. The number of halogens is 1. The quantitative estimate of drug-likeness (QED) is 0.653. The molecular weight excluding hydrogens is 316 g/mol. The van der Waals surface area contributed by atoms with Crippen LogP contribution in [0.15, 0.2) is 48.5 Å². The minimum atomic E-state index is -0.708. The van der Waals surface area contributed by atoms with E-state index in [0.717, 1.165) is 5.56 Å². The molecule has 0 bridgehead atoms. The van der Waals surface area contributed by atoms with Crippen LogP contribution in [0.25, 0.3) is 0 Å². The highest BCUT2D eigenvalue weighted by Crippen LogP contribution is 2.15. The molecule has 120 valence electrons. The molecule has 0 aliphatic heterocycles. The molecule has 23 heavy (non-hydrogen) atoms. The molecule has 0 heterocycles. The molecule has 0 saturated carbocycles. The van der Waals surface area contributed by atoms with E-state index in [2.05, 4.69) is 10.6 Å². The summed E-state index contributed by atoms with van der Waals surface area (Å²) in [6.45, 7) is 2.42. The standard InChI is InChI=1S/C17H17ClN2O3/c1-12-2-6-14(7-3-12)20-17(22)16(21)19-10-11-23-15-8-4-13(18)5-9-15/h2-9H,10-11H2,1H3,(H,19,21)(H,20,22). The van der Waals surface area contributed by atoms with Gasteiger partial charge < -0.3 is 15.4 Å². The van der Waals surface area contributed by atoms with Crippen LogP contribution in [0.4, 0.5) is 5.69 Å². The largest absolute Gasteiger partial charge is 0.492 e. The molecule has 2 N–H and O–H groups in total. The number of aryl methyl sites for hydroxylation is 1. The van der Waals surface area contributed by atoms with Gasteiger partial charge in [0.1, 0.15) is 12.4 Å². The van der Waals surface area contributed by atoms with Crippen molar-refractivity contribution in [2.75, 3.05) is 18.5 Å². The van der Waals surface area contributed by atoms with Gasteiger partial charge in [0.15, 0.2) is 0 Å². The van der Waals surface area contributed by atoms with Gasteiger partial charge in [-0.3, -0.25) is 9.59 Å². The van der Waals surface area contributed by atoms with Crippen LogP contribution in [-0.2, 0) is 9.59 Å². The third kappa shape index (κ3) is 5.64. The number of hydrogen-bond acceptors (Lipinski definition) is 3. The topological polar surface area (TPSA) is 67.4 Å². The number of carbonyl (C=O) groups is 2. The number of carbonyl (C=O) groups excluding carboxylic acids is 2. The summed E-state index contributed by atoms with van der Waals surface area (Å²) in [5.74, 6) is -0.765. The van der Waals surface area contributed by atoms with Crippen molar-refractivity contribution in [3.63, 3.8) is 0 Å². The number of amides is 2. The molecule has 2 aromatic rings. The lowest BCUT2D eigenvalue weighted by molar-refractivity contribution is -0.136. The number of ether oxygens (including phenoxy) is 1. The third-order valence-electron chi connectivity index (χ3n) is 2.99. The zero-order valence-corrected chi connectivity index (χ0v) is 13.4. The van der Waals surface area contributed by atoms with E-state index in [1.807, 2.05) is 19.1 Å². The maximum atomic E-state index is 11.7. The van der Waals surface area contributed by atoms with Crippen molar-refractivity contribution in [3.8, 4) is 5.75 Å². The highest BCUT2D eigenvalue weighted by molar-refractivity contribution is 6.39. The first-order chi connectivity index (χ1) is 11.0. The van der Waals surface area contributed by atoms with Crippen LogP contribution in [0.2, 0.25) is 5.02 Å². The molecule has 0 spiro atoms. The second-order valence-corrected chi connectivity index (χ2v) is 5.31. The number of anilines is 1. The molecule has 5 nitrogen and oxygen atoms in total. The van der Waals surface area contributed by atoms with Gasteiger partial charge in [-0.15, -0.1) is 0 Å². The maximum absolute atomic E-state index is 11.7. The van der Waals surface area contributed by atoms with Gasteiger partial charge in [0, 0.05) is 10.7 Å². The van der Waals surface area contributed by atoms with Crippen molar-refractivity contribution in [2.24, 2.45) is 0 Å². The lowest BCUT2D eigenvalue weighted by atomic mass is 10.2. The molecule has 2 amide bonds. The van der Waals surface area contributed by atoms with E-state index in [1.165, 1.54) is 0 Å². The first kappa shape index (κ1) is 16.8. The Bertz CT molecular complexity index is 669. The van der Waals surface area contributed by atoms with Gasteiger partial charge in [0.05, 0.1) is 6.54 Å². The van der Waals surface area contributed by atoms with E-state index in [1.54, 1.807) is 36.4 Å². The first-order valence-corrected chi connectivity index (χ1v) is 7.46. The summed E-state index contributed by atoms with van der Waals surface area (Å²) in [6.07, 6.45) is 0. The normalized spacial score (nSPS) is 10.0.